The van der Waals surface area contributed by atoms with Gasteiger partial charge < -0.3 is 9.47 Å². The van der Waals surface area contributed by atoms with E-state index in [4.69, 9.17) is 4.74 Å². The Morgan fingerprint density at radius 2 is 1.83 bits per heavy atom. The highest BCUT2D eigenvalue weighted by molar-refractivity contribution is 7.89. The van der Waals surface area contributed by atoms with Crippen molar-refractivity contribution in [1.82, 2.24) is 4.72 Å². The van der Waals surface area contributed by atoms with Gasteiger partial charge in [0, 0.05) is 26.7 Å². The van der Waals surface area contributed by atoms with Crippen molar-refractivity contribution in [2.45, 2.75) is 32.1 Å². The van der Waals surface area contributed by atoms with Crippen molar-refractivity contribution < 1.29 is 22.7 Å². The van der Waals surface area contributed by atoms with E-state index >= 15 is 0 Å². The van der Waals surface area contributed by atoms with Crippen molar-refractivity contribution in [3.63, 3.8) is 0 Å². The molecule has 18 heavy (non-hydrogen) atoms. The first-order valence-electron chi connectivity index (χ1n) is 6.05. The van der Waals surface area contributed by atoms with Crippen molar-refractivity contribution in [2.24, 2.45) is 0 Å². The Labute approximate surface area is 109 Å². The third-order valence-electron chi connectivity index (χ3n) is 2.37. The molecule has 0 aliphatic carbocycles. The van der Waals surface area contributed by atoms with Gasteiger partial charge in [0.05, 0.1) is 12.9 Å². The van der Waals surface area contributed by atoms with Crippen LogP contribution in [0.5, 0.6) is 0 Å². The van der Waals surface area contributed by atoms with E-state index in [1.807, 2.05) is 0 Å². The van der Waals surface area contributed by atoms with Gasteiger partial charge in [0.1, 0.15) is 0 Å². The maximum absolute atomic E-state index is 11.5. The number of unbranched alkanes of at least 4 members (excludes halogenated alkanes) is 2. The minimum absolute atomic E-state index is 0.0415. The minimum atomic E-state index is -3.27. The van der Waals surface area contributed by atoms with Gasteiger partial charge in [-0.1, -0.05) is 0 Å². The summed E-state index contributed by atoms with van der Waals surface area (Å²) in [5.74, 6) is -0.426. The first-order chi connectivity index (χ1) is 8.52. The summed E-state index contributed by atoms with van der Waals surface area (Å²) in [6.45, 7) is 1.14. The fourth-order valence-electron chi connectivity index (χ4n) is 1.36. The summed E-state index contributed by atoms with van der Waals surface area (Å²) in [7, 11) is -0.338. The first-order valence-corrected chi connectivity index (χ1v) is 7.70. The van der Waals surface area contributed by atoms with Gasteiger partial charge in [-0.2, -0.15) is 0 Å². The third-order valence-corrected chi connectivity index (χ3v) is 3.84. The molecule has 0 aromatic carbocycles. The number of sulfonamides is 1. The van der Waals surface area contributed by atoms with E-state index in [-0.39, 0.29) is 24.6 Å². The molecule has 7 heteroatoms. The fourth-order valence-corrected chi connectivity index (χ4v) is 2.48. The molecule has 0 saturated carbocycles. The lowest BCUT2D eigenvalue weighted by molar-refractivity contribution is -0.140. The second-order valence-electron chi connectivity index (χ2n) is 3.95. The number of rotatable bonds is 11. The molecule has 108 valence electrons. The van der Waals surface area contributed by atoms with Crippen molar-refractivity contribution in [3.05, 3.63) is 0 Å². The summed E-state index contributed by atoms with van der Waals surface area (Å²) >= 11 is 0. The van der Waals surface area contributed by atoms with Crippen LogP contribution in [-0.4, -0.2) is 47.5 Å². The van der Waals surface area contributed by atoms with Gasteiger partial charge in [-0.05, 0) is 25.7 Å². The Kier molecular flexibility index (Phi) is 9.90. The van der Waals surface area contributed by atoms with Gasteiger partial charge in [-0.25, -0.2) is 13.1 Å². The van der Waals surface area contributed by atoms with E-state index in [9.17, 15) is 13.2 Å². The molecule has 1 N–H and O–H groups in total. The van der Waals surface area contributed by atoms with Gasteiger partial charge in [0.15, 0.2) is 0 Å². The average Bonchev–Trinajstić information content (AvgIpc) is 2.33. The zero-order valence-electron chi connectivity index (χ0n) is 11.1. The smallest absolute Gasteiger partial charge is 0.305 e. The molecule has 0 fully saturated rings. The average molecular weight is 281 g/mol. The molecule has 0 atom stereocenters. The molecule has 0 aromatic heterocycles. The van der Waals surface area contributed by atoms with E-state index in [0.29, 0.717) is 13.2 Å². The lowest BCUT2D eigenvalue weighted by Gasteiger charge is -2.06. The highest BCUT2D eigenvalue weighted by atomic mass is 32.2. The predicted molar refractivity (Wildman–Crippen MR) is 68.8 cm³/mol. The molecule has 0 radical (unpaired) electrons. The molecule has 0 amide bonds. The fraction of sp³-hybridized carbons (Fsp3) is 0.909. The Morgan fingerprint density at radius 1 is 1.11 bits per heavy atom. The largest absolute Gasteiger partial charge is 0.469 e. The molecule has 6 nitrogen and oxygen atoms in total. The highest BCUT2D eigenvalue weighted by Gasteiger charge is 2.10. The SMILES string of the molecule is COCCCCCNS(=O)(=O)CCCC(=O)OC. The normalized spacial score (nSPS) is 11.4. The van der Waals surface area contributed by atoms with Gasteiger partial charge in [-0.3, -0.25) is 4.79 Å². The molecule has 0 unspecified atom stereocenters. The molecule has 0 spiro atoms. The Bertz CT molecular complexity index is 315. The molecule has 0 heterocycles. The van der Waals surface area contributed by atoms with Gasteiger partial charge in [-0.15, -0.1) is 0 Å². The predicted octanol–water partition coefficient (Wildman–Crippen LogP) is 0.676. The minimum Gasteiger partial charge on any atom is -0.469 e. The number of esters is 1. The first kappa shape index (κ1) is 17.3. The maximum Gasteiger partial charge on any atom is 0.305 e. The molecule has 0 saturated heterocycles. The van der Waals surface area contributed by atoms with E-state index in [2.05, 4.69) is 9.46 Å². The van der Waals surface area contributed by atoms with Crippen molar-refractivity contribution in [1.29, 1.82) is 0 Å². The summed E-state index contributed by atoms with van der Waals surface area (Å²) in [4.78, 5) is 10.8. The summed E-state index contributed by atoms with van der Waals surface area (Å²) in [6, 6.07) is 0. The van der Waals surface area contributed by atoms with Crippen LogP contribution in [0.2, 0.25) is 0 Å². The van der Waals surface area contributed by atoms with Crippen molar-refractivity contribution >= 4 is 16.0 Å². The van der Waals surface area contributed by atoms with Crippen LogP contribution >= 0.6 is 0 Å². The molecule has 0 aromatic rings. The van der Waals surface area contributed by atoms with Crippen LogP contribution in [0, 0.1) is 0 Å². The molecular formula is C11H23NO5S. The lowest BCUT2D eigenvalue weighted by atomic mass is 10.2. The Hall–Kier alpha value is -0.660. The highest BCUT2D eigenvalue weighted by Crippen LogP contribution is 1.98. The quantitative estimate of drug-likeness (QED) is 0.445. The van der Waals surface area contributed by atoms with Crippen LogP contribution < -0.4 is 4.72 Å². The molecule has 0 aliphatic rings. The Balaban J connectivity index is 3.58. The lowest BCUT2D eigenvalue weighted by Crippen LogP contribution is -2.27. The molecule has 0 bridgehead atoms. The Morgan fingerprint density at radius 3 is 2.44 bits per heavy atom. The monoisotopic (exact) mass is 281 g/mol. The van der Waals surface area contributed by atoms with E-state index < -0.39 is 10.0 Å². The number of carbonyl (C=O) groups excluding carboxylic acids is 1. The zero-order chi connectivity index (χ0) is 13.9. The summed E-state index contributed by atoms with van der Waals surface area (Å²) in [6.07, 6.45) is 3.07. The molecule has 0 aliphatic heterocycles. The van der Waals surface area contributed by atoms with Gasteiger partial charge in [0.2, 0.25) is 10.0 Å². The van der Waals surface area contributed by atoms with Crippen LogP contribution in [0.1, 0.15) is 32.1 Å². The van der Waals surface area contributed by atoms with Crippen LogP contribution in [0.25, 0.3) is 0 Å². The maximum atomic E-state index is 11.5. The van der Waals surface area contributed by atoms with E-state index in [1.165, 1.54) is 7.11 Å². The third kappa shape index (κ3) is 10.5. The summed E-state index contributed by atoms with van der Waals surface area (Å²) < 4.78 is 34.8. The van der Waals surface area contributed by atoms with E-state index in [1.54, 1.807) is 7.11 Å². The number of ether oxygens (including phenoxy) is 2. The van der Waals surface area contributed by atoms with Crippen molar-refractivity contribution in [2.75, 3.05) is 33.1 Å². The van der Waals surface area contributed by atoms with E-state index in [0.717, 1.165) is 19.3 Å². The zero-order valence-corrected chi connectivity index (χ0v) is 11.9. The number of methoxy groups -OCH3 is 2. The molecular weight excluding hydrogens is 258 g/mol. The van der Waals surface area contributed by atoms with Gasteiger partial charge in [0.25, 0.3) is 0 Å². The number of carbonyl (C=O) groups is 1. The standard InChI is InChI=1S/C11H23NO5S/c1-16-9-5-3-4-8-12-18(14,15)10-6-7-11(13)17-2/h12H,3-10H2,1-2H3. The van der Waals surface area contributed by atoms with Gasteiger partial charge >= 0.3 is 5.97 Å². The number of hydrogen-bond donors (Lipinski definition) is 1. The molecule has 0 rings (SSSR count). The summed E-state index contributed by atoms with van der Waals surface area (Å²) in [5, 5.41) is 0. The number of hydrogen-bond acceptors (Lipinski definition) is 5. The second kappa shape index (κ2) is 10.3. The topological polar surface area (TPSA) is 81.7 Å². The second-order valence-corrected chi connectivity index (χ2v) is 5.87. The summed E-state index contributed by atoms with van der Waals surface area (Å²) in [5.41, 5.74) is 0. The van der Waals surface area contributed by atoms with Crippen LogP contribution in [0.3, 0.4) is 0 Å². The van der Waals surface area contributed by atoms with Crippen LogP contribution in [0.4, 0.5) is 0 Å². The number of nitrogens with one attached hydrogen (secondary N) is 1. The van der Waals surface area contributed by atoms with Crippen molar-refractivity contribution in [3.8, 4) is 0 Å². The van der Waals surface area contributed by atoms with Crippen LogP contribution in [-0.2, 0) is 24.3 Å². The van der Waals surface area contributed by atoms with Crippen LogP contribution in [0.15, 0.2) is 0 Å².